The number of alkyl halides is 3. The first-order valence-corrected chi connectivity index (χ1v) is 9.79. The Morgan fingerprint density at radius 1 is 1.16 bits per heavy atom. The Kier molecular flexibility index (Phi) is 7.14. The van der Waals surface area contributed by atoms with Crippen LogP contribution in [-0.4, -0.2) is 53.7 Å². The molecule has 1 aliphatic rings. The summed E-state index contributed by atoms with van der Waals surface area (Å²) in [5.41, 5.74) is 1.63. The lowest BCUT2D eigenvalue weighted by Crippen LogP contribution is -2.57. The van der Waals surface area contributed by atoms with Crippen molar-refractivity contribution < 1.29 is 42.7 Å². The fraction of sp³-hybridized carbons (Fsp3) is 0.429. The van der Waals surface area contributed by atoms with Gasteiger partial charge in [-0.1, -0.05) is 29.8 Å². The van der Waals surface area contributed by atoms with Gasteiger partial charge in [0.15, 0.2) is 0 Å². The van der Waals surface area contributed by atoms with Crippen molar-refractivity contribution in [2.75, 3.05) is 13.7 Å². The fourth-order valence-electron chi connectivity index (χ4n) is 3.61. The molecule has 0 spiro atoms. The van der Waals surface area contributed by atoms with E-state index in [1.54, 1.807) is 18.2 Å². The predicted octanol–water partition coefficient (Wildman–Crippen LogP) is 3.13. The quantitative estimate of drug-likeness (QED) is 0.611. The van der Waals surface area contributed by atoms with Crippen molar-refractivity contribution in [3.05, 3.63) is 64.2 Å². The third-order valence-corrected chi connectivity index (χ3v) is 5.48. The molecule has 1 aliphatic heterocycles. The van der Waals surface area contributed by atoms with E-state index in [1.165, 1.54) is 31.4 Å². The highest BCUT2D eigenvalue weighted by molar-refractivity contribution is 6.31. The molecule has 1 fully saturated rings. The molecule has 0 radical (unpaired) electrons. The molecule has 10 heteroatoms. The summed E-state index contributed by atoms with van der Waals surface area (Å²) < 4.78 is 52.1. The van der Waals surface area contributed by atoms with Crippen molar-refractivity contribution in [2.45, 2.75) is 43.3 Å². The topological polar surface area (TPSA) is 88.4 Å². The molecule has 0 aliphatic carbocycles. The van der Waals surface area contributed by atoms with E-state index in [2.05, 4.69) is 4.74 Å². The van der Waals surface area contributed by atoms with E-state index in [-0.39, 0.29) is 25.2 Å². The molecule has 6 nitrogen and oxygen atoms in total. The maximum Gasteiger partial charge on any atom is 0.573 e. The second-order valence-electron chi connectivity index (χ2n) is 7.22. The molecule has 3 N–H and O–H groups in total. The molecule has 1 heterocycles. The zero-order chi connectivity index (χ0) is 22.8. The number of ether oxygens (including phenoxy) is 3. The Morgan fingerprint density at radius 2 is 1.84 bits per heavy atom. The number of aliphatic hydroxyl groups is 3. The molecule has 2 aromatic carbocycles. The van der Waals surface area contributed by atoms with Crippen LogP contribution in [0.2, 0.25) is 5.02 Å². The molecule has 170 valence electrons. The molecule has 4 atom stereocenters. The Balaban J connectivity index is 1.89. The van der Waals surface area contributed by atoms with Crippen LogP contribution < -0.4 is 4.74 Å². The van der Waals surface area contributed by atoms with Crippen molar-refractivity contribution in [1.29, 1.82) is 0 Å². The molecule has 31 heavy (non-hydrogen) atoms. The van der Waals surface area contributed by atoms with Crippen LogP contribution in [0.1, 0.15) is 23.1 Å². The van der Waals surface area contributed by atoms with Crippen LogP contribution in [-0.2, 0) is 21.7 Å². The largest absolute Gasteiger partial charge is 0.573 e. The van der Waals surface area contributed by atoms with E-state index in [0.717, 1.165) is 0 Å². The van der Waals surface area contributed by atoms with Gasteiger partial charge in [0, 0.05) is 24.1 Å². The number of halogens is 4. The van der Waals surface area contributed by atoms with Crippen molar-refractivity contribution in [1.82, 2.24) is 0 Å². The van der Waals surface area contributed by atoms with Gasteiger partial charge in [-0.3, -0.25) is 0 Å². The number of benzene rings is 2. The third kappa shape index (κ3) is 5.31. The third-order valence-electron chi connectivity index (χ3n) is 5.11. The lowest BCUT2D eigenvalue weighted by Gasteiger charge is -2.45. The standard InChI is InChI=1S/C21H22ClF3O6/c1-29-20(19(28)18(27)10-16(11-26)30-20)14-4-7-17(22)13(9-14)8-12-2-5-15(6-3-12)31-21(23,24)25/h2-7,9,16,18-19,26-28H,8,10-11H2,1H3/t16-,18?,19+,20-/m0/s1. The Morgan fingerprint density at radius 3 is 2.42 bits per heavy atom. The van der Waals surface area contributed by atoms with Crippen molar-refractivity contribution >= 4 is 11.6 Å². The normalized spacial score (nSPS) is 26.6. The molecule has 1 saturated heterocycles. The van der Waals surface area contributed by atoms with Crippen LogP contribution >= 0.6 is 11.6 Å². The summed E-state index contributed by atoms with van der Waals surface area (Å²) in [4.78, 5) is 0. The summed E-state index contributed by atoms with van der Waals surface area (Å²) in [6.45, 7) is -0.373. The lowest BCUT2D eigenvalue weighted by molar-refractivity contribution is -0.344. The summed E-state index contributed by atoms with van der Waals surface area (Å²) in [6, 6.07) is 10.1. The molecule has 0 bridgehead atoms. The average molecular weight is 463 g/mol. The molecule has 0 aromatic heterocycles. The first-order valence-electron chi connectivity index (χ1n) is 9.41. The summed E-state index contributed by atoms with van der Waals surface area (Å²) in [7, 11) is 1.31. The number of hydrogen-bond donors (Lipinski definition) is 3. The number of hydrogen-bond acceptors (Lipinski definition) is 6. The van der Waals surface area contributed by atoms with Crippen LogP contribution in [0.15, 0.2) is 42.5 Å². The van der Waals surface area contributed by atoms with Gasteiger partial charge < -0.3 is 29.5 Å². The van der Waals surface area contributed by atoms with Gasteiger partial charge in [0.05, 0.1) is 18.8 Å². The van der Waals surface area contributed by atoms with E-state index in [4.69, 9.17) is 21.1 Å². The minimum absolute atomic E-state index is 0.0373. The molecule has 0 amide bonds. The van der Waals surface area contributed by atoms with E-state index < -0.39 is 30.5 Å². The summed E-state index contributed by atoms with van der Waals surface area (Å²) >= 11 is 6.31. The average Bonchev–Trinajstić information content (AvgIpc) is 2.72. The minimum atomic E-state index is -4.77. The number of rotatable bonds is 6. The zero-order valence-corrected chi connectivity index (χ0v) is 17.2. The SMILES string of the molecule is CO[C@@]1(c2ccc(Cl)c(Cc3ccc(OC(F)(F)F)cc3)c2)O[C@H](CO)CC(O)[C@H]1O. The first-order chi connectivity index (χ1) is 14.6. The molecule has 1 unspecified atom stereocenters. The maximum atomic E-state index is 12.3. The monoisotopic (exact) mass is 462 g/mol. The van der Waals surface area contributed by atoms with Gasteiger partial charge in [0.25, 0.3) is 0 Å². The Bertz CT molecular complexity index is 892. The number of aliphatic hydroxyl groups excluding tert-OH is 3. The molecular formula is C21H22ClF3O6. The van der Waals surface area contributed by atoms with E-state index in [1.807, 2.05) is 0 Å². The molecule has 0 saturated carbocycles. The van der Waals surface area contributed by atoms with Gasteiger partial charge in [0.1, 0.15) is 11.9 Å². The van der Waals surface area contributed by atoms with Gasteiger partial charge in [-0.05, 0) is 41.8 Å². The highest BCUT2D eigenvalue weighted by Crippen LogP contribution is 2.40. The van der Waals surface area contributed by atoms with E-state index in [0.29, 0.717) is 21.7 Å². The highest BCUT2D eigenvalue weighted by atomic mass is 35.5. The Labute approximate surface area is 181 Å². The second-order valence-corrected chi connectivity index (χ2v) is 7.62. The van der Waals surface area contributed by atoms with Crippen LogP contribution in [0.3, 0.4) is 0 Å². The smallest absolute Gasteiger partial charge is 0.406 e. The predicted molar refractivity (Wildman–Crippen MR) is 105 cm³/mol. The van der Waals surface area contributed by atoms with Crippen LogP contribution in [0.4, 0.5) is 13.2 Å². The zero-order valence-electron chi connectivity index (χ0n) is 16.5. The van der Waals surface area contributed by atoms with Crippen LogP contribution in [0, 0.1) is 0 Å². The summed E-state index contributed by atoms with van der Waals surface area (Å²) in [5, 5.41) is 30.7. The van der Waals surface area contributed by atoms with Gasteiger partial charge in [0.2, 0.25) is 5.79 Å². The summed E-state index contributed by atoms with van der Waals surface area (Å²) in [5.74, 6) is -2.06. The van der Waals surface area contributed by atoms with Crippen molar-refractivity contribution in [3.8, 4) is 5.75 Å². The van der Waals surface area contributed by atoms with Crippen molar-refractivity contribution in [3.63, 3.8) is 0 Å². The van der Waals surface area contributed by atoms with Crippen LogP contribution in [0.25, 0.3) is 0 Å². The van der Waals surface area contributed by atoms with E-state index in [9.17, 15) is 28.5 Å². The first kappa shape index (κ1) is 23.8. The molecular weight excluding hydrogens is 441 g/mol. The second kappa shape index (κ2) is 9.32. The fourth-order valence-corrected chi connectivity index (χ4v) is 3.79. The number of methoxy groups -OCH3 is 1. The maximum absolute atomic E-state index is 12.3. The van der Waals surface area contributed by atoms with Gasteiger partial charge in [-0.15, -0.1) is 13.2 Å². The van der Waals surface area contributed by atoms with Crippen molar-refractivity contribution in [2.24, 2.45) is 0 Å². The van der Waals surface area contributed by atoms with Gasteiger partial charge in [-0.2, -0.15) is 0 Å². The van der Waals surface area contributed by atoms with E-state index >= 15 is 0 Å². The van der Waals surface area contributed by atoms with Gasteiger partial charge in [-0.25, -0.2) is 0 Å². The van der Waals surface area contributed by atoms with Gasteiger partial charge >= 0.3 is 6.36 Å². The Hall–Kier alpha value is -1.88. The minimum Gasteiger partial charge on any atom is -0.406 e. The summed E-state index contributed by atoms with van der Waals surface area (Å²) in [6.07, 6.45) is -7.83. The lowest BCUT2D eigenvalue weighted by atomic mass is 9.88. The molecule has 2 aromatic rings. The van der Waals surface area contributed by atoms with Crippen LogP contribution in [0.5, 0.6) is 5.75 Å². The highest BCUT2D eigenvalue weighted by Gasteiger charge is 2.51. The molecule has 3 rings (SSSR count).